The van der Waals surface area contributed by atoms with Crippen molar-refractivity contribution in [3.63, 3.8) is 0 Å². The number of hydrogen-bond acceptors (Lipinski definition) is 2. The lowest BCUT2D eigenvalue weighted by Gasteiger charge is -2.30. The van der Waals surface area contributed by atoms with Crippen molar-refractivity contribution in [3.05, 3.63) is 84.1 Å². The van der Waals surface area contributed by atoms with Crippen molar-refractivity contribution in [1.29, 1.82) is 0 Å². The van der Waals surface area contributed by atoms with E-state index in [1.165, 1.54) is 6.26 Å². The Morgan fingerprint density at radius 1 is 0.950 bits per heavy atom. The van der Waals surface area contributed by atoms with E-state index in [0.717, 1.165) is 11.3 Å². The fraction of sp³-hybridized carbons (Fsp3) is 0.118. The number of rotatable bonds is 3. The highest BCUT2D eigenvalue weighted by atomic mass is 19.1. The minimum absolute atomic E-state index is 0.709. The zero-order chi connectivity index (χ0) is 13.8. The van der Waals surface area contributed by atoms with Crippen molar-refractivity contribution >= 4 is 5.71 Å². The van der Waals surface area contributed by atoms with Crippen LogP contribution in [0.5, 0.6) is 0 Å². The Morgan fingerprint density at radius 2 is 1.60 bits per heavy atom. The summed E-state index contributed by atoms with van der Waals surface area (Å²) in [5.74, 6) is 0. The Labute approximate surface area is 117 Å². The highest BCUT2D eigenvalue weighted by molar-refractivity contribution is 6.09. The second-order valence-electron chi connectivity index (χ2n) is 4.57. The third-order valence-corrected chi connectivity index (χ3v) is 3.27. The summed E-state index contributed by atoms with van der Waals surface area (Å²) in [7, 11) is 0. The third-order valence-electron chi connectivity index (χ3n) is 3.27. The van der Waals surface area contributed by atoms with Crippen LogP contribution in [0, 0.1) is 0 Å². The molecule has 2 aromatic rings. The second-order valence-corrected chi connectivity index (χ2v) is 4.57. The van der Waals surface area contributed by atoms with Gasteiger partial charge >= 0.3 is 0 Å². The van der Waals surface area contributed by atoms with Gasteiger partial charge in [-0.3, -0.25) is 0 Å². The van der Waals surface area contributed by atoms with Gasteiger partial charge in [0.25, 0.3) is 5.72 Å². The van der Waals surface area contributed by atoms with Crippen molar-refractivity contribution in [3.8, 4) is 0 Å². The van der Waals surface area contributed by atoms with Gasteiger partial charge in [0.1, 0.15) is 0 Å². The summed E-state index contributed by atoms with van der Waals surface area (Å²) >= 11 is 0. The maximum absolute atomic E-state index is 13.6. The van der Waals surface area contributed by atoms with Crippen molar-refractivity contribution in [2.24, 2.45) is 4.99 Å². The number of aliphatic imine (C=N–C) groups is 1. The van der Waals surface area contributed by atoms with Crippen LogP contribution in [0.3, 0.4) is 0 Å². The molecule has 0 saturated carbocycles. The predicted octanol–water partition coefficient (Wildman–Crippen LogP) is 3.84. The third kappa shape index (κ3) is 2.23. The van der Waals surface area contributed by atoms with Gasteiger partial charge in [-0.1, -0.05) is 60.7 Å². The zero-order valence-electron chi connectivity index (χ0n) is 10.9. The highest BCUT2D eigenvalue weighted by Crippen LogP contribution is 2.32. The minimum atomic E-state index is -1.28. The van der Waals surface area contributed by atoms with E-state index in [1.54, 1.807) is 6.08 Å². The van der Waals surface area contributed by atoms with E-state index < -0.39 is 12.4 Å². The summed E-state index contributed by atoms with van der Waals surface area (Å²) < 4.78 is 19.2. The fourth-order valence-corrected chi connectivity index (χ4v) is 2.21. The van der Waals surface area contributed by atoms with Gasteiger partial charge in [0.05, 0.1) is 12.0 Å². The summed E-state index contributed by atoms with van der Waals surface area (Å²) in [6, 6.07) is 18.9. The van der Waals surface area contributed by atoms with Gasteiger partial charge in [-0.2, -0.15) is 0 Å². The van der Waals surface area contributed by atoms with Gasteiger partial charge in [-0.25, -0.2) is 9.38 Å². The molecule has 3 rings (SSSR count). The first-order valence-corrected chi connectivity index (χ1v) is 6.45. The molecule has 2 aromatic carbocycles. The lowest BCUT2D eigenvalue weighted by molar-refractivity contribution is 0.000608. The first-order chi connectivity index (χ1) is 9.84. The van der Waals surface area contributed by atoms with Crippen LogP contribution in [0.4, 0.5) is 4.39 Å². The molecule has 0 aromatic heterocycles. The Bertz CT molecular complexity index is 637. The van der Waals surface area contributed by atoms with E-state index in [9.17, 15) is 4.39 Å². The van der Waals surface area contributed by atoms with Gasteiger partial charge in [-0.15, -0.1) is 0 Å². The standard InChI is InChI=1S/C17H14FNO/c18-13-17(15-9-5-2-6-10-15)19-16(11-12-20-17)14-7-3-1-4-8-14/h1-12H,13H2. The summed E-state index contributed by atoms with van der Waals surface area (Å²) in [6.07, 6.45) is 3.27. The van der Waals surface area contributed by atoms with Crippen LogP contribution in [0.15, 0.2) is 78.0 Å². The van der Waals surface area contributed by atoms with Crippen molar-refractivity contribution in [1.82, 2.24) is 0 Å². The number of allylic oxidation sites excluding steroid dienone is 1. The van der Waals surface area contributed by atoms with Gasteiger partial charge in [0.2, 0.25) is 0 Å². The molecule has 1 atom stereocenters. The van der Waals surface area contributed by atoms with Crippen LogP contribution in [0.2, 0.25) is 0 Å². The van der Waals surface area contributed by atoms with Crippen LogP contribution < -0.4 is 0 Å². The lowest BCUT2D eigenvalue weighted by Crippen LogP contribution is -2.32. The van der Waals surface area contributed by atoms with Crippen LogP contribution >= 0.6 is 0 Å². The average molecular weight is 267 g/mol. The summed E-state index contributed by atoms with van der Waals surface area (Å²) in [5.41, 5.74) is 1.10. The number of ether oxygens (including phenoxy) is 1. The molecule has 0 amide bonds. The highest BCUT2D eigenvalue weighted by Gasteiger charge is 2.35. The molecule has 0 radical (unpaired) electrons. The van der Waals surface area contributed by atoms with Gasteiger partial charge in [0.15, 0.2) is 6.67 Å². The monoisotopic (exact) mass is 267 g/mol. The Kier molecular flexibility index (Phi) is 3.33. The second kappa shape index (κ2) is 5.29. The predicted molar refractivity (Wildman–Crippen MR) is 77.3 cm³/mol. The van der Waals surface area contributed by atoms with Crippen LogP contribution in [-0.2, 0) is 10.5 Å². The first-order valence-electron chi connectivity index (χ1n) is 6.45. The number of benzene rings is 2. The van der Waals surface area contributed by atoms with E-state index in [1.807, 2.05) is 60.7 Å². The summed E-state index contributed by atoms with van der Waals surface area (Å²) in [6.45, 7) is -0.711. The van der Waals surface area contributed by atoms with E-state index in [0.29, 0.717) is 5.56 Å². The van der Waals surface area contributed by atoms with Gasteiger partial charge in [0, 0.05) is 5.56 Å². The zero-order valence-corrected chi connectivity index (χ0v) is 10.9. The van der Waals surface area contributed by atoms with Crippen molar-refractivity contribution < 1.29 is 9.13 Å². The number of alkyl halides is 1. The molecule has 0 bridgehead atoms. The quantitative estimate of drug-likeness (QED) is 0.828. The molecular weight excluding hydrogens is 253 g/mol. The Morgan fingerprint density at radius 3 is 2.25 bits per heavy atom. The molecule has 20 heavy (non-hydrogen) atoms. The molecule has 0 N–H and O–H groups in total. The molecule has 0 aliphatic carbocycles. The van der Waals surface area contributed by atoms with Crippen LogP contribution in [0.25, 0.3) is 0 Å². The van der Waals surface area contributed by atoms with Crippen LogP contribution in [0.1, 0.15) is 11.1 Å². The van der Waals surface area contributed by atoms with Crippen LogP contribution in [-0.4, -0.2) is 12.4 Å². The SMILES string of the molecule is FCC1(c2ccccc2)N=C(c2ccccc2)C=CO1. The molecule has 1 unspecified atom stereocenters. The topological polar surface area (TPSA) is 21.6 Å². The van der Waals surface area contributed by atoms with Crippen molar-refractivity contribution in [2.75, 3.05) is 6.67 Å². The van der Waals surface area contributed by atoms with Gasteiger partial charge in [-0.05, 0) is 11.6 Å². The number of hydrogen-bond donors (Lipinski definition) is 0. The normalized spacial score (nSPS) is 21.1. The molecule has 2 nitrogen and oxygen atoms in total. The lowest BCUT2D eigenvalue weighted by atomic mass is 10.0. The van der Waals surface area contributed by atoms with E-state index in [-0.39, 0.29) is 0 Å². The first kappa shape index (κ1) is 12.6. The molecule has 3 heteroatoms. The maximum atomic E-state index is 13.6. The van der Waals surface area contributed by atoms with E-state index >= 15 is 0 Å². The largest absolute Gasteiger partial charge is 0.467 e. The maximum Gasteiger partial charge on any atom is 0.254 e. The molecule has 1 heterocycles. The minimum Gasteiger partial charge on any atom is -0.467 e. The molecule has 1 aliphatic rings. The van der Waals surface area contributed by atoms with E-state index in [2.05, 4.69) is 4.99 Å². The van der Waals surface area contributed by atoms with E-state index in [4.69, 9.17) is 4.74 Å². The Balaban J connectivity index is 2.06. The molecule has 0 saturated heterocycles. The molecule has 0 fully saturated rings. The average Bonchev–Trinajstić information content (AvgIpc) is 2.56. The molecule has 1 aliphatic heterocycles. The summed E-state index contributed by atoms with van der Waals surface area (Å²) in [5, 5.41) is 0. The van der Waals surface area contributed by atoms with Gasteiger partial charge < -0.3 is 4.74 Å². The number of halogens is 1. The molecular formula is C17H14FNO. The Hall–Kier alpha value is -2.42. The smallest absolute Gasteiger partial charge is 0.254 e. The van der Waals surface area contributed by atoms with Crippen molar-refractivity contribution in [2.45, 2.75) is 5.72 Å². The molecule has 0 spiro atoms. The molecule has 100 valence electrons. The fourth-order valence-electron chi connectivity index (χ4n) is 2.21. The number of nitrogens with zero attached hydrogens (tertiary/aromatic N) is 1. The summed E-state index contributed by atoms with van der Waals surface area (Å²) in [4.78, 5) is 4.50.